The summed E-state index contributed by atoms with van der Waals surface area (Å²) in [7, 11) is 1.53. The molecule has 0 aliphatic heterocycles. The Morgan fingerprint density at radius 2 is 1.86 bits per heavy atom. The lowest BCUT2D eigenvalue weighted by molar-refractivity contribution is -0.149. The monoisotopic (exact) mass is 392 g/mol. The molecule has 0 spiro atoms. The van der Waals surface area contributed by atoms with Crippen molar-refractivity contribution in [1.29, 1.82) is 0 Å². The fourth-order valence-electron chi connectivity index (χ4n) is 2.06. The second-order valence-electron chi connectivity index (χ2n) is 6.29. The van der Waals surface area contributed by atoms with E-state index in [1.807, 2.05) is 6.92 Å². The lowest BCUT2D eigenvalue weighted by Crippen LogP contribution is -2.46. The zero-order valence-electron chi connectivity index (χ0n) is 16.9. The van der Waals surface area contributed by atoms with Gasteiger partial charge in [0.25, 0.3) is 5.91 Å². The van der Waals surface area contributed by atoms with E-state index in [4.69, 9.17) is 14.2 Å². The molecule has 0 aliphatic rings. The fourth-order valence-corrected chi connectivity index (χ4v) is 2.06. The van der Waals surface area contributed by atoms with Crippen molar-refractivity contribution < 1.29 is 28.6 Å². The lowest BCUT2D eigenvalue weighted by atomic mass is 10.2. The summed E-state index contributed by atoms with van der Waals surface area (Å²) in [6.07, 6.45) is 2.49. The summed E-state index contributed by atoms with van der Waals surface area (Å²) < 4.78 is 15.9. The summed E-state index contributed by atoms with van der Waals surface area (Å²) in [4.78, 5) is 35.3. The summed E-state index contributed by atoms with van der Waals surface area (Å²) >= 11 is 0. The molecular weight excluding hydrogens is 364 g/mol. The van der Waals surface area contributed by atoms with E-state index in [1.54, 1.807) is 32.0 Å². The Labute approximate surface area is 165 Å². The molecular formula is C20H28N2O6. The van der Waals surface area contributed by atoms with Gasteiger partial charge >= 0.3 is 12.0 Å². The summed E-state index contributed by atoms with van der Waals surface area (Å²) in [5.74, 6) is -0.252. The van der Waals surface area contributed by atoms with Crippen LogP contribution in [0.2, 0.25) is 0 Å². The van der Waals surface area contributed by atoms with Crippen molar-refractivity contribution in [3.8, 4) is 11.5 Å². The Morgan fingerprint density at radius 1 is 1.14 bits per heavy atom. The molecule has 1 rings (SSSR count). The number of carbonyl (C=O) groups is 3. The molecule has 0 fully saturated rings. The largest absolute Gasteiger partial charge is 0.493 e. The van der Waals surface area contributed by atoms with Crippen LogP contribution in [0.25, 0.3) is 6.08 Å². The lowest BCUT2D eigenvalue weighted by Gasteiger charge is -2.13. The van der Waals surface area contributed by atoms with Gasteiger partial charge in [0.15, 0.2) is 17.6 Å². The van der Waals surface area contributed by atoms with E-state index in [1.165, 1.54) is 26.2 Å². The molecule has 0 aromatic heterocycles. The first-order valence-electron chi connectivity index (χ1n) is 9.07. The van der Waals surface area contributed by atoms with Crippen molar-refractivity contribution in [2.75, 3.05) is 13.7 Å². The maximum Gasteiger partial charge on any atom is 0.331 e. The van der Waals surface area contributed by atoms with E-state index in [2.05, 4.69) is 10.6 Å². The van der Waals surface area contributed by atoms with Crippen LogP contribution in [-0.2, 0) is 14.3 Å². The molecule has 1 aromatic rings. The van der Waals surface area contributed by atoms with Gasteiger partial charge in [-0.15, -0.1) is 0 Å². The Morgan fingerprint density at radius 3 is 2.46 bits per heavy atom. The molecule has 3 amide bonds. The number of urea groups is 1. The predicted molar refractivity (Wildman–Crippen MR) is 105 cm³/mol. The van der Waals surface area contributed by atoms with Crippen LogP contribution in [-0.4, -0.2) is 43.8 Å². The molecule has 8 heteroatoms. The van der Waals surface area contributed by atoms with Crippen LogP contribution in [0.5, 0.6) is 11.5 Å². The quantitative estimate of drug-likeness (QED) is 0.495. The summed E-state index contributed by atoms with van der Waals surface area (Å²) in [5.41, 5.74) is 0.700. The van der Waals surface area contributed by atoms with Gasteiger partial charge in [-0.3, -0.25) is 10.1 Å². The van der Waals surface area contributed by atoms with Gasteiger partial charge in [-0.25, -0.2) is 9.59 Å². The summed E-state index contributed by atoms with van der Waals surface area (Å²) in [6.45, 7) is 7.48. The molecule has 154 valence electrons. The Bertz CT molecular complexity index is 715. The number of amides is 3. The average molecular weight is 392 g/mol. The van der Waals surface area contributed by atoms with Crippen molar-refractivity contribution in [2.45, 2.75) is 46.3 Å². The van der Waals surface area contributed by atoms with E-state index < -0.39 is 24.0 Å². The topological polar surface area (TPSA) is 103 Å². The van der Waals surface area contributed by atoms with Crippen LogP contribution >= 0.6 is 0 Å². The van der Waals surface area contributed by atoms with Crippen molar-refractivity contribution in [1.82, 2.24) is 10.6 Å². The molecule has 28 heavy (non-hydrogen) atoms. The third kappa shape index (κ3) is 8.11. The fraction of sp³-hybridized carbons (Fsp3) is 0.450. The van der Waals surface area contributed by atoms with Crippen LogP contribution in [0.4, 0.5) is 4.79 Å². The van der Waals surface area contributed by atoms with Gasteiger partial charge in [-0.05, 0) is 51.0 Å². The number of ether oxygens (including phenoxy) is 3. The highest BCUT2D eigenvalue weighted by atomic mass is 16.5. The van der Waals surface area contributed by atoms with Gasteiger partial charge in [0.2, 0.25) is 0 Å². The number of imide groups is 1. The first kappa shape index (κ1) is 23.0. The first-order chi connectivity index (χ1) is 13.3. The predicted octanol–water partition coefficient (Wildman–Crippen LogP) is 2.66. The highest BCUT2D eigenvalue weighted by molar-refractivity contribution is 5.98. The molecule has 8 nitrogen and oxygen atoms in total. The van der Waals surface area contributed by atoms with Gasteiger partial charge in [-0.1, -0.05) is 13.0 Å². The van der Waals surface area contributed by atoms with Gasteiger partial charge < -0.3 is 19.5 Å². The second kappa shape index (κ2) is 11.6. The molecule has 0 radical (unpaired) electrons. The zero-order chi connectivity index (χ0) is 21.1. The highest BCUT2D eigenvalue weighted by Crippen LogP contribution is 2.28. The SMILES string of the molecule is CCCOc1ccc(/C=C/C(=O)O[C@H](C)C(=O)NC(=O)NC(C)C)cc1OC. The van der Waals surface area contributed by atoms with E-state index >= 15 is 0 Å². The third-order valence-corrected chi connectivity index (χ3v) is 3.38. The van der Waals surface area contributed by atoms with E-state index in [-0.39, 0.29) is 6.04 Å². The number of hydrogen-bond acceptors (Lipinski definition) is 6. The number of hydrogen-bond donors (Lipinski definition) is 2. The molecule has 2 N–H and O–H groups in total. The van der Waals surface area contributed by atoms with Crippen LogP contribution in [0.15, 0.2) is 24.3 Å². The number of nitrogens with one attached hydrogen (secondary N) is 2. The second-order valence-corrected chi connectivity index (χ2v) is 6.29. The van der Waals surface area contributed by atoms with Crippen LogP contribution in [0.1, 0.15) is 39.7 Å². The minimum atomic E-state index is -1.12. The van der Waals surface area contributed by atoms with Gasteiger partial charge in [0.1, 0.15) is 0 Å². The smallest absolute Gasteiger partial charge is 0.331 e. The van der Waals surface area contributed by atoms with Gasteiger partial charge in [-0.2, -0.15) is 0 Å². The number of esters is 1. The van der Waals surface area contributed by atoms with E-state index in [0.717, 1.165) is 6.42 Å². The minimum absolute atomic E-state index is 0.121. The van der Waals surface area contributed by atoms with Crippen LogP contribution in [0, 0.1) is 0 Å². The molecule has 1 atom stereocenters. The molecule has 0 bridgehead atoms. The Balaban J connectivity index is 2.63. The van der Waals surface area contributed by atoms with Crippen LogP contribution < -0.4 is 20.1 Å². The number of rotatable bonds is 9. The molecule has 0 saturated carbocycles. The third-order valence-electron chi connectivity index (χ3n) is 3.38. The number of carbonyl (C=O) groups excluding carboxylic acids is 3. The van der Waals surface area contributed by atoms with Crippen molar-refractivity contribution in [2.24, 2.45) is 0 Å². The molecule has 0 heterocycles. The average Bonchev–Trinajstić information content (AvgIpc) is 2.64. The molecule has 0 saturated heterocycles. The standard InChI is InChI=1S/C20H28N2O6/c1-6-11-27-16-9-7-15(12-17(16)26-5)8-10-18(23)28-14(4)19(24)22-20(25)21-13(2)3/h7-10,12-14H,6,11H2,1-5H3,(H2,21,22,24,25)/b10-8+/t14-/m1/s1. The van der Waals surface area contributed by atoms with E-state index in [9.17, 15) is 14.4 Å². The van der Waals surface area contributed by atoms with Gasteiger partial charge in [0, 0.05) is 12.1 Å². The van der Waals surface area contributed by atoms with Gasteiger partial charge in [0.05, 0.1) is 13.7 Å². The van der Waals surface area contributed by atoms with Crippen molar-refractivity contribution >= 4 is 24.0 Å². The molecule has 1 aromatic carbocycles. The van der Waals surface area contributed by atoms with Crippen LogP contribution in [0.3, 0.4) is 0 Å². The Kier molecular flexibility index (Phi) is 9.56. The molecule has 0 unspecified atom stereocenters. The summed E-state index contributed by atoms with van der Waals surface area (Å²) in [5, 5.41) is 4.62. The number of benzene rings is 1. The zero-order valence-corrected chi connectivity index (χ0v) is 16.9. The van der Waals surface area contributed by atoms with Crippen molar-refractivity contribution in [3.63, 3.8) is 0 Å². The maximum absolute atomic E-state index is 11.9. The maximum atomic E-state index is 11.9. The Hall–Kier alpha value is -3.03. The van der Waals surface area contributed by atoms with E-state index in [0.29, 0.717) is 23.7 Å². The summed E-state index contributed by atoms with van der Waals surface area (Å²) in [6, 6.07) is 4.48. The number of methoxy groups -OCH3 is 1. The highest BCUT2D eigenvalue weighted by Gasteiger charge is 2.19. The molecule has 0 aliphatic carbocycles. The van der Waals surface area contributed by atoms with Crippen molar-refractivity contribution in [3.05, 3.63) is 29.8 Å². The normalized spacial score (nSPS) is 11.8. The minimum Gasteiger partial charge on any atom is -0.493 e. The first-order valence-corrected chi connectivity index (χ1v) is 9.07.